The molecule has 2 N–H and O–H groups in total. The van der Waals surface area contributed by atoms with Crippen molar-refractivity contribution >= 4 is 11.6 Å². The molecule has 44 heavy (non-hydrogen) atoms. The van der Waals surface area contributed by atoms with E-state index in [4.69, 9.17) is 14.2 Å². The molecule has 4 fully saturated rings. The predicted molar refractivity (Wildman–Crippen MR) is 150 cm³/mol. The van der Waals surface area contributed by atoms with Crippen molar-refractivity contribution in [3.63, 3.8) is 0 Å². The number of carbonyl (C=O) groups is 2. The van der Waals surface area contributed by atoms with Gasteiger partial charge in [0.2, 0.25) is 0 Å². The molecule has 0 aromatic heterocycles. The first-order valence-electron chi connectivity index (χ1n) is 14.8. The molecule has 3 saturated carbocycles. The van der Waals surface area contributed by atoms with E-state index >= 15 is 13.2 Å². The topological polar surface area (TPSA) is 102 Å². The first-order chi connectivity index (χ1) is 20.9. The SMILES string of the molecule is C[C@]12C=CC(=O)C=C1[C@@H](F)C[C@H]1[C@@H]3C[C@H]4O[C@@H](c5ccc(Oc6ccccc6)c(F)c5)O[C@@]4(C(=O)CO)[C@@]3(C)C[C@H](O)[C@@]12F. The zero-order valence-electron chi connectivity index (χ0n) is 24.2. The Labute approximate surface area is 252 Å². The van der Waals surface area contributed by atoms with E-state index in [9.17, 15) is 19.8 Å². The Bertz CT molecular complexity index is 1590. The van der Waals surface area contributed by atoms with Crippen molar-refractivity contribution in [1.29, 1.82) is 0 Å². The maximum Gasteiger partial charge on any atom is 0.193 e. The molecule has 0 bridgehead atoms. The predicted octanol–water partition coefficient (Wildman–Crippen LogP) is 5.26. The summed E-state index contributed by atoms with van der Waals surface area (Å²) in [6.45, 7) is 2.29. The lowest BCUT2D eigenvalue weighted by molar-refractivity contribution is -0.235. The molecular formula is C34H33F3O7. The van der Waals surface area contributed by atoms with Gasteiger partial charge in [0.15, 0.2) is 40.7 Å². The molecule has 7 nitrogen and oxygen atoms in total. The first-order valence-corrected chi connectivity index (χ1v) is 14.8. The summed E-state index contributed by atoms with van der Waals surface area (Å²) in [5.74, 6) is -3.16. The summed E-state index contributed by atoms with van der Waals surface area (Å²) in [5, 5.41) is 21.7. The lowest BCUT2D eigenvalue weighted by Gasteiger charge is -2.63. The van der Waals surface area contributed by atoms with Gasteiger partial charge in [0.25, 0.3) is 0 Å². The molecule has 5 aliphatic rings. The number of para-hydroxylation sites is 1. The van der Waals surface area contributed by atoms with Crippen LogP contribution in [0.2, 0.25) is 0 Å². The Morgan fingerprint density at radius 3 is 2.57 bits per heavy atom. The quantitative estimate of drug-likeness (QED) is 0.476. The molecule has 0 spiro atoms. The maximum atomic E-state index is 17.5. The number of aliphatic hydroxyl groups is 2. The molecule has 232 valence electrons. The second-order valence-electron chi connectivity index (χ2n) is 13.1. The highest BCUT2D eigenvalue weighted by Crippen LogP contribution is 2.72. The van der Waals surface area contributed by atoms with E-state index < -0.39 is 82.6 Å². The average molecular weight is 611 g/mol. The van der Waals surface area contributed by atoms with Crippen LogP contribution in [-0.4, -0.2) is 58.0 Å². The second kappa shape index (κ2) is 9.84. The number of benzene rings is 2. The number of alkyl halides is 2. The Morgan fingerprint density at radius 2 is 1.86 bits per heavy atom. The summed E-state index contributed by atoms with van der Waals surface area (Å²) in [5.41, 5.74) is -6.74. The first kappa shape index (κ1) is 29.4. The fourth-order valence-electron chi connectivity index (χ4n) is 9.08. The smallest absolute Gasteiger partial charge is 0.193 e. The van der Waals surface area contributed by atoms with Gasteiger partial charge in [-0.2, -0.15) is 0 Å². The number of Topliss-reactive ketones (excluding diaryl/α,β-unsaturated/α-hetero) is 1. The maximum absolute atomic E-state index is 17.5. The van der Waals surface area contributed by atoms with Crippen LogP contribution in [0.25, 0.3) is 0 Å². The van der Waals surface area contributed by atoms with Crippen molar-refractivity contribution in [3.8, 4) is 11.5 Å². The third-order valence-electron chi connectivity index (χ3n) is 11.1. The largest absolute Gasteiger partial charge is 0.454 e. The number of aliphatic hydroxyl groups excluding tert-OH is 2. The minimum Gasteiger partial charge on any atom is -0.454 e. The normalized spacial score (nSPS) is 42.2. The van der Waals surface area contributed by atoms with Gasteiger partial charge in [-0.1, -0.05) is 37.3 Å². The van der Waals surface area contributed by atoms with Crippen LogP contribution < -0.4 is 4.74 Å². The fourth-order valence-corrected chi connectivity index (χ4v) is 9.08. The van der Waals surface area contributed by atoms with Gasteiger partial charge in [0.05, 0.1) is 12.2 Å². The molecule has 7 rings (SSSR count). The number of fused-ring (bicyclic) bond motifs is 7. The van der Waals surface area contributed by atoms with Crippen LogP contribution in [0.15, 0.2) is 72.3 Å². The monoisotopic (exact) mass is 610 g/mol. The Morgan fingerprint density at radius 1 is 1.11 bits per heavy atom. The number of allylic oxidation sites excluding steroid dienone is 4. The number of halogens is 3. The summed E-state index contributed by atoms with van der Waals surface area (Å²) < 4.78 is 66.7. The molecule has 1 heterocycles. The van der Waals surface area contributed by atoms with E-state index in [-0.39, 0.29) is 36.1 Å². The van der Waals surface area contributed by atoms with E-state index in [0.29, 0.717) is 5.75 Å². The number of rotatable bonds is 5. The zero-order valence-corrected chi connectivity index (χ0v) is 24.2. The van der Waals surface area contributed by atoms with Crippen molar-refractivity contribution in [3.05, 3.63) is 83.7 Å². The molecule has 1 aliphatic heterocycles. The Hall–Kier alpha value is -3.31. The molecule has 10 heteroatoms. The number of ether oxygens (including phenoxy) is 3. The number of hydrogen-bond donors (Lipinski definition) is 2. The lowest BCUT2D eigenvalue weighted by Crippen LogP contribution is -2.70. The molecule has 4 aliphatic carbocycles. The summed E-state index contributed by atoms with van der Waals surface area (Å²) in [7, 11) is 0. The highest BCUT2D eigenvalue weighted by Gasteiger charge is 2.80. The van der Waals surface area contributed by atoms with Gasteiger partial charge < -0.3 is 24.4 Å². The van der Waals surface area contributed by atoms with Crippen LogP contribution in [0.1, 0.15) is 45.0 Å². The van der Waals surface area contributed by atoms with Crippen LogP contribution in [0, 0.1) is 28.5 Å². The van der Waals surface area contributed by atoms with E-state index in [2.05, 4.69) is 0 Å². The molecular weight excluding hydrogens is 577 g/mol. The van der Waals surface area contributed by atoms with Gasteiger partial charge in [0, 0.05) is 22.3 Å². The lowest BCUT2D eigenvalue weighted by atomic mass is 9.44. The van der Waals surface area contributed by atoms with Crippen LogP contribution in [0.4, 0.5) is 13.2 Å². The average Bonchev–Trinajstić information content (AvgIpc) is 3.50. The van der Waals surface area contributed by atoms with Gasteiger partial charge in [-0.05, 0) is 74.1 Å². The van der Waals surface area contributed by atoms with Gasteiger partial charge in [-0.25, -0.2) is 13.2 Å². The number of hydrogen-bond acceptors (Lipinski definition) is 7. The van der Waals surface area contributed by atoms with Gasteiger partial charge in [-0.15, -0.1) is 0 Å². The van der Waals surface area contributed by atoms with Crippen molar-refractivity contribution in [2.45, 2.75) is 69.0 Å². The van der Waals surface area contributed by atoms with E-state index in [1.165, 1.54) is 31.2 Å². The van der Waals surface area contributed by atoms with Crippen molar-refractivity contribution < 1.29 is 47.2 Å². The van der Waals surface area contributed by atoms with Crippen LogP contribution in [-0.2, 0) is 19.1 Å². The molecule has 1 saturated heterocycles. The highest BCUT2D eigenvalue weighted by atomic mass is 19.1. The summed E-state index contributed by atoms with van der Waals surface area (Å²) >= 11 is 0. The Balaban J connectivity index is 1.23. The fraction of sp³-hybridized carbons (Fsp3) is 0.471. The summed E-state index contributed by atoms with van der Waals surface area (Å²) in [6.07, 6.45) is -2.28. The van der Waals surface area contributed by atoms with Crippen molar-refractivity contribution in [2.75, 3.05) is 6.61 Å². The number of ketones is 2. The van der Waals surface area contributed by atoms with Crippen LogP contribution >= 0.6 is 0 Å². The molecule has 2 aromatic carbocycles. The van der Waals surface area contributed by atoms with Crippen LogP contribution in [0.5, 0.6) is 11.5 Å². The van der Waals surface area contributed by atoms with Crippen molar-refractivity contribution in [2.24, 2.45) is 22.7 Å². The standard InChI is InChI=1S/C34H33F3O7/c1-31-11-10-19(39)13-23(31)24(35)14-22-21-15-29-34(28(41)17-38,32(21,2)16-27(40)33(22,31)37)44-30(43-29)18-8-9-26(25(36)12-18)42-20-6-4-3-5-7-20/h3-13,21-22,24,27,29-30,38,40H,14-17H2,1-2H3/t21-,22-,24-,27-,29+,30+,31-,32-,33-,34+/m0/s1. The summed E-state index contributed by atoms with van der Waals surface area (Å²) in [4.78, 5) is 25.8. The highest BCUT2D eigenvalue weighted by molar-refractivity contribution is 6.01. The molecule has 0 unspecified atom stereocenters. The third-order valence-corrected chi connectivity index (χ3v) is 11.1. The van der Waals surface area contributed by atoms with Crippen molar-refractivity contribution in [1.82, 2.24) is 0 Å². The molecule has 10 atom stereocenters. The van der Waals surface area contributed by atoms with E-state index in [1.807, 2.05) is 0 Å². The third kappa shape index (κ3) is 3.71. The minimum absolute atomic E-state index is 0.0000217. The Kier molecular flexibility index (Phi) is 6.58. The second-order valence-corrected chi connectivity index (χ2v) is 13.1. The molecule has 2 aromatic rings. The van der Waals surface area contributed by atoms with Crippen LogP contribution in [0.3, 0.4) is 0 Å². The van der Waals surface area contributed by atoms with Gasteiger partial charge in [0.1, 0.15) is 18.5 Å². The number of carbonyl (C=O) groups excluding carboxylic acids is 2. The molecule has 0 amide bonds. The zero-order chi connectivity index (χ0) is 31.2. The minimum atomic E-state index is -2.35. The molecule has 0 radical (unpaired) electrons. The van der Waals surface area contributed by atoms with Gasteiger partial charge in [-0.3, -0.25) is 9.59 Å². The summed E-state index contributed by atoms with van der Waals surface area (Å²) in [6, 6.07) is 12.8. The van der Waals surface area contributed by atoms with E-state index in [0.717, 1.165) is 6.08 Å². The van der Waals surface area contributed by atoms with E-state index in [1.54, 1.807) is 43.3 Å². The van der Waals surface area contributed by atoms with Gasteiger partial charge >= 0.3 is 0 Å².